The summed E-state index contributed by atoms with van der Waals surface area (Å²) in [5.74, 6) is 2.89. The summed E-state index contributed by atoms with van der Waals surface area (Å²) in [5, 5.41) is 11.9. The fourth-order valence-electron chi connectivity index (χ4n) is 5.00. The molecule has 2 atom stereocenters. The molecule has 4 rings (SSSR count). The zero-order chi connectivity index (χ0) is 12.6. The number of nitrogens with one attached hydrogen (secondary N) is 1. The van der Waals surface area contributed by atoms with E-state index in [1.54, 1.807) is 0 Å². The molecule has 0 aromatic carbocycles. The average Bonchev–Trinajstić information content (AvgIpc) is 2.56. The number of aliphatic hydroxyl groups excluding tert-OH is 1. The van der Waals surface area contributed by atoms with Crippen LogP contribution in [-0.4, -0.2) is 30.6 Å². The lowest BCUT2D eigenvalue weighted by atomic mass is 9.57. The largest absolute Gasteiger partial charge is 0.395 e. The summed E-state index contributed by atoms with van der Waals surface area (Å²) >= 11 is 0. The number of hydrogen-bond acceptors (Lipinski definition) is 3. The Morgan fingerprint density at radius 1 is 1.11 bits per heavy atom. The van der Waals surface area contributed by atoms with Gasteiger partial charge in [0.1, 0.15) is 0 Å². The van der Waals surface area contributed by atoms with E-state index in [1.807, 2.05) is 0 Å². The molecule has 4 fully saturated rings. The van der Waals surface area contributed by atoms with Crippen LogP contribution >= 0.6 is 0 Å². The highest BCUT2D eigenvalue weighted by Gasteiger charge is 2.51. The highest BCUT2D eigenvalue weighted by atomic mass is 16.3. The van der Waals surface area contributed by atoms with Crippen molar-refractivity contribution in [2.75, 3.05) is 19.7 Å². The zero-order valence-electron chi connectivity index (χ0n) is 11.2. The van der Waals surface area contributed by atoms with E-state index in [4.69, 9.17) is 5.11 Å². The predicted octanol–water partition coefficient (Wildman–Crippen LogP) is 1.74. The highest BCUT2D eigenvalue weighted by Crippen LogP contribution is 2.57. The number of fused-ring (bicyclic) bond motifs is 1. The number of rotatable bonds is 5. The summed E-state index contributed by atoms with van der Waals surface area (Å²) in [6.07, 6.45) is 8.95. The fraction of sp³-hybridized carbons (Fsp3) is 0.933. The molecule has 4 saturated carbocycles. The normalized spacial score (nSPS) is 41.9. The van der Waals surface area contributed by atoms with Crippen molar-refractivity contribution in [1.82, 2.24) is 5.32 Å². The van der Waals surface area contributed by atoms with Gasteiger partial charge in [0.05, 0.1) is 13.2 Å². The quantitative estimate of drug-likeness (QED) is 0.732. The van der Waals surface area contributed by atoms with Crippen molar-refractivity contribution in [3.8, 4) is 0 Å². The standard InChI is InChI=1S/C15H25NO2/c17-4-3-16-10-14(18)15-7-11-1-2-12(8-15)6-13(5-11)9-15/h11-13,16-17H,1-10H2/t11-,12-,13?,15?/m1/s1. The lowest BCUT2D eigenvalue weighted by Gasteiger charge is -2.47. The monoisotopic (exact) mass is 251 g/mol. The third-order valence-electron chi connectivity index (χ3n) is 5.52. The van der Waals surface area contributed by atoms with Crippen LogP contribution in [-0.2, 0) is 4.79 Å². The number of ketones is 1. The SMILES string of the molecule is O=C(CNCCO)C12CC3C[C@@H](CC[C@H](C3)C1)C2. The van der Waals surface area contributed by atoms with Gasteiger partial charge in [0.25, 0.3) is 0 Å². The summed E-state index contributed by atoms with van der Waals surface area (Å²) in [5.41, 5.74) is 0.00938. The molecule has 3 heteroatoms. The van der Waals surface area contributed by atoms with Gasteiger partial charge >= 0.3 is 0 Å². The van der Waals surface area contributed by atoms with Crippen molar-refractivity contribution < 1.29 is 9.90 Å². The molecule has 0 heterocycles. The lowest BCUT2D eigenvalue weighted by Crippen LogP contribution is -2.46. The smallest absolute Gasteiger partial charge is 0.152 e. The molecule has 0 aromatic rings. The minimum atomic E-state index is 0.00938. The Morgan fingerprint density at radius 3 is 2.33 bits per heavy atom. The van der Waals surface area contributed by atoms with Gasteiger partial charge in [-0.3, -0.25) is 4.79 Å². The molecule has 2 N–H and O–H groups in total. The van der Waals surface area contributed by atoms with Gasteiger partial charge in [-0.1, -0.05) is 12.8 Å². The van der Waals surface area contributed by atoms with E-state index in [0.29, 0.717) is 18.9 Å². The van der Waals surface area contributed by atoms with Crippen molar-refractivity contribution in [2.24, 2.45) is 23.2 Å². The van der Waals surface area contributed by atoms with Gasteiger partial charge < -0.3 is 10.4 Å². The van der Waals surface area contributed by atoms with Crippen LogP contribution in [0.3, 0.4) is 0 Å². The van der Waals surface area contributed by atoms with Crippen LogP contribution in [0.2, 0.25) is 0 Å². The molecule has 0 unspecified atom stereocenters. The third-order valence-corrected chi connectivity index (χ3v) is 5.52. The Kier molecular flexibility index (Phi) is 3.46. The van der Waals surface area contributed by atoms with Crippen LogP contribution in [0.1, 0.15) is 44.9 Å². The van der Waals surface area contributed by atoms with Crippen molar-refractivity contribution in [1.29, 1.82) is 0 Å². The maximum atomic E-state index is 12.6. The van der Waals surface area contributed by atoms with Gasteiger partial charge in [0.2, 0.25) is 0 Å². The van der Waals surface area contributed by atoms with Gasteiger partial charge in [-0.2, -0.15) is 0 Å². The Hall–Kier alpha value is -0.410. The van der Waals surface area contributed by atoms with Crippen LogP contribution in [0, 0.1) is 23.2 Å². The van der Waals surface area contributed by atoms with Crippen LogP contribution < -0.4 is 5.32 Å². The van der Waals surface area contributed by atoms with E-state index in [1.165, 1.54) is 25.7 Å². The summed E-state index contributed by atoms with van der Waals surface area (Å²) in [6.45, 7) is 1.12. The lowest BCUT2D eigenvalue weighted by molar-refractivity contribution is -0.135. The summed E-state index contributed by atoms with van der Waals surface area (Å²) in [6, 6.07) is 0. The Bertz CT molecular complexity index is 312. The molecule has 0 radical (unpaired) electrons. The van der Waals surface area contributed by atoms with E-state index in [0.717, 1.165) is 37.0 Å². The first-order valence-corrected chi connectivity index (χ1v) is 7.57. The molecule has 3 nitrogen and oxygen atoms in total. The highest BCUT2D eigenvalue weighted by molar-refractivity contribution is 5.87. The summed E-state index contributed by atoms with van der Waals surface area (Å²) < 4.78 is 0. The number of hydrogen-bond donors (Lipinski definition) is 2. The van der Waals surface area contributed by atoms with E-state index in [-0.39, 0.29) is 12.0 Å². The van der Waals surface area contributed by atoms with Crippen LogP contribution in [0.15, 0.2) is 0 Å². The molecule has 0 amide bonds. The van der Waals surface area contributed by atoms with E-state index >= 15 is 0 Å². The maximum Gasteiger partial charge on any atom is 0.152 e. The summed E-state index contributed by atoms with van der Waals surface area (Å²) in [4.78, 5) is 12.6. The molecule has 4 aliphatic carbocycles. The third kappa shape index (κ3) is 2.23. The second kappa shape index (κ2) is 4.93. The van der Waals surface area contributed by atoms with Crippen LogP contribution in [0.4, 0.5) is 0 Å². The molecule has 4 bridgehead atoms. The van der Waals surface area contributed by atoms with Crippen molar-refractivity contribution in [3.63, 3.8) is 0 Å². The molecule has 0 aliphatic heterocycles. The fourth-order valence-corrected chi connectivity index (χ4v) is 5.00. The Labute approximate surface area is 109 Å². The number of carbonyl (C=O) groups is 1. The molecule has 4 aliphatic rings. The maximum absolute atomic E-state index is 12.6. The van der Waals surface area contributed by atoms with Gasteiger partial charge in [-0.25, -0.2) is 0 Å². The zero-order valence-corrected chi connectivity index (χ0v) is 11.2. The van der Waals surface area contributed by atoms with Gasteiger partial charge in [0, 0.05) is 12.0 Å². The molecule has 0 spiro atoms. The second-order valence-electron chi connectivity index (χ2n) is 6.86. The number of Topliss-reactive ketones (excluding diaryl/α,β-unsaturated/α-hetero) is 1. The number of carbonyl (C=O) groups excluding carboxylic acids is 1. The second-order valence-corrected chi connectivity index (χ2v) is 6.86. The van der Waals surface area contributed by atoms with Gasteiger partial charge in [-0.15, -0.1) is 0 Å². The number of aliphatic hydroxyl groups is 1. The van der Waals surface area contributed by atoms with Crippen molar-refractivity contribution in [2.45, 2.75) is 44.9 Å². The van der Waals surface area contributed by atoms with Crippen molar-refractivity contribution in [3.05, 3.63) is 0 Å². The average molecular weight is 251 g/mol. The Morgan fingerprint density at radius 2 is 1.72 bits per heavy atom. The topological polar surface area (TPSA) is 49.3 Å². The van der Waals surface area contributed by atoms with Crippen molar-refractivity contribution >= 4 is 5.78 Å². The molecular formula is C15H25NO2. The molecule has 18 heavy (non-hydrogen) atoms. The first kappa shape index (κ1) is 12.6. The van der Waals surface area contributed by atoms with Crippen LogP contribution in [0.25, 0.3) is 0 Å². The van der Waals surface area contributed by atoms with Gasteiger partial charge in [-0.05, 0) is 49.9 Å². The van der Waals surface area contributed by atoms with E-state index < -0.39 is 0 Å². The summed E-state index contributed by atoms with van der Waals surface area (Å²) in [7, 11) is 0. The van der Waals surface area contributed by atoms with E-state index in [9.17, 15) is 4.79 Å². The first-order chi connectivity index (χ1) is 8.72. The predicted molar refractivity (Wildman–Crippen MR) is 70.2 cm³/mol. The molecular weight excluding hydrogens is 226 g/mol. The van der Waals surface area contributed by atoms with Gasteiger partial charge in [0.15, 0.2) is 5.78 Å². The van der Waals surface area contributed by atoms with E-state index in [2.05, 4.69) is 5.32 Å². The Balaban J connectivity index is 1.71. The minimum Gasteiger partial charge on any atom is -0.395 e. The molecule has 0 saturated heterocycles. The first-order valence-electron chi connectivity index (χ1n) is 7.57. The minimum absolute atomic E-state index is 0.00938. The molecule has 102 valence electrons. The molecule has 0 aromatic heterocycles. The van der Waals surface area contributed by atoms with Crippen LogP contribution in [0.5, 0.6) is 0 Å².